The number of rotatable bonds is 10. The van der Waals surface area contributed by atoms with Crippen molar-refractivity contribution in [2.75, 3.05) is 60.2 Å². The summed E-state index contributed by atoms with van der Waals surface area (Å²) in [4.78, 5) is 30.5. The van der Waals surface area contributed by atoms with Crippen molar-refractivity contribution in [3.63, 3.8) is 0 Å². The summed E-state index contributed by atoms with van der Waals surface area (Å²) in [7, 11) is 3.04. The Labute approximate surface area is 217 Å². The summed E-state index contributed by atoms with van der Waals surface area (Å²) in [6.45, 7) is 6.56. The van der Waals surface area contributed by atoms with Gasteiger partial charge >= 0.3 is 0 Å². The molecule has 1 unspecified atom stereocenters. The fraction of sp³-hybridized carbons (Fsp3) is 0.429. The molecule has 0 bridgehead atoms. The van der Waals surface area contributed by atoms with Crippen LogP contribution in [0.1, 0.15) is 30.5 Å². The Balaban J connectivity index is 1.74. The smallest absolute Gasteiger partial charge is 0.295 e. The van der Waals surface area contributed by atoms with Gasteiger partial charge in [-0.05, 0) is 43.7 Å². The molecule has 0 saturated carbocycles. The molecular formula is C28H34N2O7. The third kappa shape index (κ3) is 5.57. The SMILES string of the molecule is CCOc1ccc(/C(O)=C2\C(=O)C(=O)N(CCCN3CCOCC3)C2c2cccc(OC)c2OC)cc1. The second-order valence-electron chi connectivity index (χ2n) is 8.84. The Kier molecular flexibility index (Phi) is 8.68. The first kappa shape index (κ1) is 26.5. The third-order valence-corrected chi connectivity index (χ3v) is 6.68. The van der Waals surface area contributed by atoms with E-state index in [0.717, 1.165) is 19.6 Å². The molecule has 9 heteroatoms. The van der Waals surface area contributed by atoms with Gasteiger partial charge in [-0.1, -0.05) is 12.1 Å². The lowest BCUT2D eigenvalue weighted by molar-refractivity contribution is -0.140. The first-order chi connectivity index (χ1) is 18.0. The normalized spacial score (nSPS) is 19.8. The number of benzene rings is 2. The van der Waals surface area contributed by atoms with Crippen LogP contribution in [0.4, 0.5) is 0 Å². The number of carbonyl (C=O) groups excluding carboxylic acids is 2. The molecule has 2 aliphatic rings. The summed E-state index contributed by atoms with van der Waals surface area (Å²) in [6.07, 6.45) is 0.666. The van der Waals surface area contributed by atoms with E-state index in [1.807, 2.05) is 6.92 Å². The van der Waals surface area contributed by atoms with Crippen LogP contribution in [0.2, 0.25) is 0 Å². The van der Waals surface area contributed by atoms with Gasteiger partial charge in [-0.2, -0.15) is 0 Å². The van der Waals surface area contributed by atoms with E-state index in [4.69, 9.17) is 18.9 Å². The number of nitrogens with zero attached hydrogens (tertiary/aromatic N) is 2. The molecule has 2 heterocycles. The van der Waals surface area contributed by atoms with Gasteiger partial charge in [0.2, 0.25) is 0 Å². The van der Waals surface area contributed by atoms with Crippen molar-refractivity contribution >= 4 is 17.4 Å². The van der Waals surface area contributed by atoms with E-state index in [9.17, 15) is 14.7 Å². The molecule has 2 fully saturated rings. The maximum atomic E-state index is 13.4. The second kappa shape index (κ2) is 12.1. The van der Waals surface area contributed by atoms with Crippen molar-refractivity contribution in [2.24, 2.45) is 0 Å². The van der Waals surface area contributed by atoms with Crippen LogP contribution in [0.3, 0.4) is 0 Å². The molecule has 2 aromatic rings. The lowest BCUT2D eigenvalue weighted by Gasteiger charge is -2.30. The van der Waals surface area contributed by atoms with Gasteiger partial charge in [0.1, 0.15) is 11.5 Å². The van der Waals surface area contributed by atoms with E-state index in [1.165, 1.54) is 19.1 Å². The molecule has 1 N–H and O–H groups in total. The summed E-state index contributed by atoms with van der Waals surface area (Å²) in [6, 6.07) is 11.3. The minimum atomic E-state index is -0.832. The molecule has 4 rings (SSSR count). The Hall–Kier alpha value is -3.56. The number of amides is 1. The number of aliphatic hydroxyl groups is 1. The van der Waals surface area contributed by atoms with Crippen molar-refractivity contribution in [1.29, 1.82) is 0 Å². The molecule has 2 aliphatic heterocycles. The molecule has 0 spiro atoms. The molecule has 2 aromatic carbocycles. The molecule has 0 aromatic heterocycles. The third-order valence-electron chi connectivity index (χ3n) is 6.68. The van der Waals surface area contributed by atoms with Gasteiger partial charge in [0.05, 0.1) is 45.7 Å². The minimum absolute atomic E-state index is 0.0204. The number of para-hydroxylation sites is 1. The summed E-state index contributed by atoms with van der Waals surface area (Å²) < 4.78 is 22.0. The molecule has 1 amide bonds. The Morgan fingerprint density at radius 2 is 1.76 bits per heavy atom. The van der Waals surface area contributed by atoms with Crippen LogP contribution in [0.15, 0.2) is 48.0 Å². The summed E-state index contributed by atoms with van der Waals surface area (Å²) >= 11 is 0. The molecule has 1 atom stereocenters. The minimum Gasteiger partial charge on any atom is -0.507 e. The number of methoxy groups -OCH3 is 2. The number of hydrogen-bond donors (Lipinski definition) is 1. The van der Waals surface area contributed by atoms with Crippen molar-refractivity contribution in [3.05, 3.63) is 59.2 Å². The predicted molar refractivity (Wildman–Crippen MR) is 138 cm³/mol. The lowest BCUT2D eigenvalue weighted by atomic mass is 9.94. The van der Waals surface area contributed by atoms with E-state index in [2.05, 4.69) is 4.90 Å². The van der Waals surface area contributed by atoms with E-state index in [0.29, 0.717) is 61.2 Å². The zero-order valence-electron chi connectivity index (χ0n) is 21.6. The molecule has 2 saturated heterocycles. The Morgan fingerprint density at radius 1 is 1.03 bits per heavy atom. The average molecular weight is 511 g/mol. The largest absolute Gasteiger partial charge is 0.507 e. The van der Waals surface area contributed by atoms with Crippen LogP contribution in [0, 0.1) is 0 Å². The zero-order valence-corrected chi connectivity index (χ0v) is 21.6. The molecule has 198 valence electrons. The monoisotopic (exact) mass is 510 g/mol. The van der Waals surface area contributed by atoms with Crippen LogP contribution in [-0.4, -0.2) is 86.8 Å². The molecule has 37 heavy (non-hydrogen) atoms. The second-order valence-corrected chi connectivity index (χ2v) is 8.84. The maximum absolute atomic E-state index is 13.4. The van der Waals surface area contributed by atoms with Crippen molar-refractivity contribution in [3.8, 4) is 17.2 Å². The first-order valence-corrected chi connectivity index (χ1v) is 12.5. The van der Waals surface area contributed by atoms with Gasteiger partial charge in [-0.15, -0.1) is 0 Å². The number of carbonyl (C=O) groups is 2. The average Bonchev–Trinajstić information content (AvgIpc) is 3.18. The quantitative estimate of drug-likeness (QED) is 0.296. The highest BCUT2D eigenvalue weighted by atomic mass is 16.5. The summed E-state index contributed by atoms with van der Waals surface area (Å²) in [5, 5.41) is 11.3. The number of Topliss-reactive ketones (excluding diaryl/α,β-unsaturated/α-hetero) is 1. The van der Waals surface area contributed by atoms with Gasteiger partial charge in [-0.25, -0.2) is 0 Å². The first-order valence-electron chi connectivity index (χ1n) is 12.5. The van der Waals surface area contributed by atoms with E-state index >= 15 is 0 Å². The van der Waals surface area contributed by atoms with Crippen molar-refractivity contribution in [1.82, 2.24) is 9.80 Å². The van der Waals surface area contributed by atoms with Gasteiger partial charge in [0, 0.05) is 37.3 Å². The summed E-state index contributed by atoms with van der Waals surface area (Å²) in [5.41, 5.74) is 1.01. The van der Waals surface area contributed by atoms with Gasteiger partial charge in [0.25, 0.3) is 11.7 Å². The molecule has 0 radical (unpaired) electrons. The summed E-state index contributed by atoms with van der Waals surface area (Å²) in [5.74, 6) is -0.0924. The number of ketones is 1. The van der Waals surface area contributed by atoms with E-state index in [1.54, 1.807) is 42.5 Å². The highest BCUT2D eigenvalue weighted by Crippen LogP contribution is 2.45. The van der Waals surface area contributed by atoms with E-state index in [-0.39, 0.29) is 11.3 Å². The Morgan fingerprint density at radius 3 is 2.41 bits per heavy atom. The number of likely N-dealkylation sites (tertiary alicyclic amines) is 1. The molecular weight excluding hydrogens is 476 g/mol. The number of hydrogen-bond acceptors (Lipinski definition) is 8. The highest BCUT2D eigenvalue weighted by Gasteiger charge is 2.47. The van der Waals surface area contributed by atoms with Crippen LogP contribution < -0.4 is 14.2 Å². The Bertz CT molecular complexity index is 1140. The highest BCUT2D eigenvalue weighted by molar-refractivity contribution is 6.46. The van der Waals surface area contributed by atoms with Gasteiger partial charge < -0.3 is 29.0 Å². The number of ether oxygens (including phenoxy) is 4. The molecule has 9 nitrogen and oxygen atoms in total. The fourth-order valence-electron chi connectivity index (χ4n) is 4.88. The molecule has 0 aliphatic carbocycles. The van der Waals surface area contributed by atoms with Crippen LogP contribution in [0.25, 0.3) is 5.76 Å². The van der Waals surface area contributed by atoms with Crippen molar-refractivity contribution < 1.29 is 33.6 Å². The van der Waals surface area contributed by atoms with E-state index < -0.39 is 17.7 Å². The zero-order chi connectivity index (χ0) is 26.4. The number of morpholine rings is 1. The maximum Gasteiger partial charge on any atom is 0.295 e. The standard InChI is InChI=1S/C28H34N2O7/c1-4-37-20-11-9-19(10-12-20)25(31)23-24(21-7-5-8-22(34-2)27(21)35-3)30(28(33)26(23)32)14-6-13-29-15-17-36-18-16-29/h5,7-12,24,31H,4,6,13-18H2,1-3H3/b25-23+. The lowest BCUT2D eigenvalue weighted by Crippen LogP contribution is -2.39. The predicted octanol–water partition coefficient (Wildman–Crippen LogP) is 3.25. The van der Waals surface area contributed by atoms with Crippen molar-refractivity contribution in [2.45, 2.75) is 19.4 Å². The van der Waals surface area contributed by atoms with Crippen LogP contribution in [0.5, 0.6) is 17.2 Å². The van der Waals surface area contributed by atoms with Crippen LogP contribution in [-0.2, 0) is 14.3 Å². The fourth-order valence-corrected chi connectivity index (χ4v) is 4.88. The van der Waals surface area contributed by atoms with Crippen LogP contribution >= 0.6 is 0 Å². The van der Waals surface area contributed by atoms with Gasteiger partial charge in [0.15, 0.2) is 11.5 Å². The number of aliphatic hydroxyl groups excluding tert-OH is 1. The topological polar surface area (TPSA) is 97.8 Å². The van der Waals surface area contributed by atoms with Gasteiger partial charge in [-0.3, -0.25) is 14.5 Å².